The number of hydrogen-bond acceptors (Lipinski definition) is 1. The van der Waals surface area contributed by atoms with E-state index in [-0.39, 0.29) is 15.2 Å². The second kappa shape index (κ2) is 7.59. The van der Waals surface area contributed by atoms with Gasteiger partial charge in [0.05, 0.1) is 0 Å². The van der Waals surface area contributed by atoms with Crippen molar-refractivity contribution in [3.05, 3.63) is 60.7 Å². The van der Waals surface area contributed by atoms with Gasteiger partial charge in [-0.2, -0.15) is 6.26 Å². The molecule has 2 rings (SSSR count). The van der Waals surface area contributed by atoms with Gasteiger partial charge in [-0.15, -0.1) is 0 Å². The summed E-state index contributed by atoms with van der Waals surface area (Å²) >= 11 is 4.35. The fraction of sp³-hybridized carbons (Fsp3) is 0.0769. The van der Waals surface area contributed by atoms with Crippen LogP contribution in [0.3, 0.4) is 0 Å². The van der Waals surface area contributed by atoms with Gasteiger partial charge in [-0.25, -0.2) is 0 Å². The van der Waals surface area contributed by atoms with Crippen molar-refractivity contribution in [2.45, 2.75) is 0 Å². The van der Waals surface area contributed by atoms with Crippen molar-refractivity contribution in [2.75, 3.05) is 6.26 Å². The summed E-state index contributed by atoms with van der Waals surface area (Å²) in [6.07, 6.45) is 1.58. The average molecular weight is 228 g/mol. The SMILES string of the molecule is C[S-].c1cc[c]([Al+][c]2ccccc2)cc1. The van der Waals surface area contributed by atoms with Crippen molar-refractivity contribution in [3.63, 3.8) is 0 Å². The summed E-state index contributed by atoms with van der Waals surface area (Å²) in [5, 5.41) is 0. The summed E-state index contributed by atoms with van der Waals surface area (Å²) in [6, 6.07) is 21.3. The summed E-state index contributed by atoms with van der Waals surface area (Å²) < 4.78 is 2.90. The summed E-state index contributed by atoms with van der Waals surface area (Å²) in [4.78, 5) is 0. The zero-order chi connectivity index (χ0) is 10.9. The fourth-order valence-corrected chi connectivity index (χ4v) is 2.51. The van der Waals surface area contributed by atoms with E-state index in [0.29, 0.717) is 0 Å². The minimum absolute atomic E-state index is 0.271. The van der Waals surface area contributed by atoms with E-state index in [9.17, 15) is 0 Å². The van der Waals surface area contributed by atoms with E-state index in [4.69, 9.17) is 0 Å². The molecule has 0 nitrogen and oxygen atoms in total. The molecule has 0 fully saturated rings. The van der Waals surface area contributed by atoms with E-state index in [1.807, 2.05) is 0 Å². The minimum atomic E-state index is 0.271. The maximum absolute atomic E-state index is 4.08. The molecule has 0 spiro atoms. The Bertz CT molecular complexity index is 321. The van der Waals surface area contributed by atoms with Gasteiger partial charge < -0.3 is 12.6 Å². The molecule has 0 saturated carbocycles. The molecule has 0 heterocycles. The molecule has 0 atom stereocenters. The molecule has 0 aliphatic rings. The quantitative estimate of drug-likeness (QED) is 0.554. The monoisotopic (exact) mass is 228 g/mol. The van der Waals surface area contributed by atoms with Crippen LogP contribution in [0.4, 0.5) is 0 Å². The number of hydrogen-bond donors (Lipinski definition) is 0. The third kappa shape index (κ3) is 4.57. The van der Waals surface area contributed by atoms with Crippen LogP contribution >= 0.6 is 0 Å². The van der Waals surface area contributed by atoms with Gasteiger partial charge in [0.25, 0.3) is 0 Å². The zero-order valence-electron chi connectivity index (χ0n) is 8.76. The van der Waals surface area contributed by atoms with Gasteiger partial charge in [-0.3, -0.25) is 0 Å². The molecule has 0 radical (unpaired) electrons. The van der Waals surface area contributed by atoms with E-state index in [0.717, 1.165) is 0 Å². The Morgan fingerprint density at radius 1 is 0.667 bits per heavy atom. The van der Waals surface area contributed by atoms with Gasteiger partial charge in [0.1, 0.15) is 0 Å². The van der Waals surface area contributed by atoms with E-state index in [1.54, 1.807) is 6.26 Å². The van der Waals surface area contributed by atoms with Gasteiger partial charge >= 0.3 is 84.7 Å². The molecule has 0 aromatic heterocycles. The molecule has 0 unspecified atom stereocenters. The van der Waals surface area contributed by atoms with E-state index >= 15 is 0 Å². The molecule has 0 amide bonds. The molecule has 2 heteroatoms. The van der Waals surface area contributed by atoms with Crippen molar-refractivity contribution < 1.29 is 0 Å². The number of benzene rings is 2. The van der Waals surface area contributed by atoms with Crippen molar-refractivity contribution in [2.24, 2.45) is 0 Å². The third-order valence-electron chi connectivity index (χ3n) is 1.93. The van der Waals surface area contributed by atoms with Gasteiger partial charge in [0.15, 0.2) is 0 Å². The Kier molecular flexibility index (Phi) is 6.27. The number of rotatable bonds is 2. The molecule has 0 bridgehead atoms. The van der Waals surface area contributed by atoms with Crippen LogP contribution in [0.5, 0.6) is 0 Å². The molecule has 0 aliphatic heterocycles. The normalized spacial score (nSPS) is 8.40. The summed E-state index contributed by atoms with van der Waals surface area (Å²) in [6.45, 7) is 0. The first-order chi connectivity index (χ1) is 7.45. The molecule has 2 aromatic rings. The Morgan fingerprint density at radius 3 is 1.33 bits per heavy atom. The second-order valence-electron chi connectivity index (χ2n) is 2.97. The van der Waals surface area contributed by atoms with Crippen LogP contribution in [0.25, 0.3) is 0 Å². The molecule has 74 valence electrons. The predicted molar refractivity (Wildman–Crippen MR) is 71.2 cm³/mol. The topological polar surface area (TPSA) is 0 Å². The van der Waals surface area contributed by atoms with E-state index < -0.39 is 0 Å². The summed E-state index contributed by atoms with van der Waals surface area (Å²) in [7, 11) is 0. The van der Waals surface area contributed by atoms with Gasteiger partial charge in [-0.1, -0.05) is 0 Å². The van der Waals surface area contributed by atoms with Crippen molar-refractivity contribution >= 4 is 36.7 Å². The fourth-order valence-electron chi connectivity index (χ4n) is 1.29. The van der Waals surface area contributed by atoms with Crippen LogP contribution in [-0.2, 0) is 12.6 Å². The average Bonchev–Trinajstić information content (AvgIpc) is 2.34. The van der Waals surface area contributed by atoms with Crippen molar-refractivity contribution in [1.29, 1.82) is 0 Å². The molecule has 15 heavy (non-hydrogen) atoms. The molecular weight excluding hydrogens is 215 g/mol. The Balaban J connectivity index is 0.000000531. The first kappa shape index (κ1) is 12.4. The molecule has 2 aromatic carbocycles. The first-order valence-corrected chi connectivity index (χ1v) is 6.78. The molecule has 0 N–H and O–H groups in total. The molecule has 0 saturated heterocycles. The van der Waals surface area contributed by atoms with Gasteiger partial charge in [0, 0.05) is 0 Å². The van der Waals surface area contributed by atoms with Gasteiger partial charge in [0.2, 0.25) is 0 Å². The molecular formula is C13H13AlS. The standard InChI is InChI=1S/2C6H5.CH4S.Al/c2*1-2-4-6-5-3-1;1-2;/h2*1-5H;2H,1H3;/q;;;+1/p-1. The Labute approximate surface area is 103 Å². The maximum atomic E-state index is 4.08. The van der Waals surface area contributed by atoms with Crippen molar-refractivity contribution in [3.8, 4) is 0 Å². The van der Waals surface area contributed by atoms with Crippen molar-refractivity contribution in [1.82, 2.24) is 0 Å². The van der Waals surface area contributed by atoms with Crippen LogP contribution < -0.4 is 8.85 Å². The molecule has 0 aliphatic carbocycles. The second-order valence-corrected chi connectivity index (χ2v) is 4.59. The van der Waals surface area contributed by atoms with Crippen LogP contribution in [0.15, 0.2) is 60.7 Å². The van der Waals surface area contributed by atoms with Crippen LogP contribution in [0, 0.1) is 0 Å². The Hall–Kier alpha value is -0.678. The van der Waals surface area contributed by atoms with Crippen LogP contribution in [0.2, 0.25) is 0 Å². The van der Waals surface area contributed by atoms with Crippen LogP contribution in [-0.4, -0.2) is 21.5 Å². The Morgan fingerprint density at radius 2 is 1.00 bits per heavy atom. The van der Waals surface area contributed by atoms with Gasteiger partial charge in [-0.05, 0) is 0 Å². The zero-order valence-corrected chi connectivity index (χ0v) is 10.7. The third-order valence-corrected chi connectivity index (χ3v) is 3.37. The van der Waals surface area contributed by atoms with Crippen LogP contribution in [0.1, 0.15) is 0 Å². The summed E-state index contributed by atoms with van der Waals surface area (Å²) in [5.74, 6) is 0. The van der Waals surface area contributed by atoms with E-state index in [1.165, 1.54) is 8.85 Å². The first-order valence-electron chi connectivity index (χ1n) is 4.81. The summed E-state index contributed by atoms with van der Waals surface area (Å²) in [5.41, 5.74) is 0. The predicted octanol–water partition coefficient (Wildman–Crippen LogP) is 1.50. The van der Waals surface area contributed by atoms with E-state index in [2.05, 4.69) is 73.3 Å².